The molecule has 0 saturated heterocycles. The molecule has 0 bridgehead atoms. The van der Waals surface area contributed by atoms with Gasteiger partial charge in [0.25, 0.3) is 0 Å². The fourth-order valence-electron chi connectivity index (χ4n) is 3.56. The third-order valence-corrected chi connectivity index (χ3v) is 4.95. The number of nitrogens with zero attached hydrogens (tertiary/aromatic N) is 3. The molecule has 3 heteroatoms. The molecule has 0 aromatic heterocycles. The van der Waals surface area contributed by atoms with E-state index in [9.17, 15) is 0 Å². The van der Waals surface area contributed by atoms with Crippen LogP contribution in [0.5, 0.6) is 0 Å². The molecule has 0 saturated carbocycles. The maximum Gasteiger partial charge on any atom is 0.130 e. The van der Waals surface area contributed by atoms with E-state index in [1.165, 1.54) is 5.56 Å². The SMILES string of the molecule is c1ccc(N(c2ccccc2)c2ccc(-c3ccc4c(c3)=NCN=4)cc2)cc1. The molecule has 0 atom stereocenters. The summed E-state index contributed by atoms with van der Waals surface area (Å²) in [6.45, 7) is 0.542. The van der Waals surface area contributed by atoms with Gasteiger partial charge in [0.2, 0.25) is 0 Å². The van der Waals surface area contributed by atoms with Crippen molar-refractivity contribution in [1.29, 1.82) is 0 Å². The Hall–Kier alpha value is -3.72. The first-order valence-corrected chi connectivity index (χ1v) is 9.38. The Labute approximate surface area is 164 Å². The highest BCUT2D eigenvalue weighted by Gasteiger charge is 2.12. The van der Waals surface area contributed by atoms with Crippen LogP contribution in [-0.4, -0.2) is 6.67 Å². The Bertz CT molecular complexity index is 1180. The largest absolute Gasteiger partial charge is 0.311 e. The molecule has 1 aliphatic rings. The number of para-hydroxylation sites is 2. The number of fused-ring (bicyclic) bond motifs is 1. The fraction of sp³-hybridized carbons (Fsp3) is 0.0400. The third kappa shape index (κ3) is 3.08. The first-order valence-electron chi connectivity index (χ1n) is 9.38. The minimum absolute atomic E-state index is 0.542. The zero-order valence-electron chi connectivity index (χ0n) is 15.4. The molecule has 0 aliphatic carbocycles. The van der Waals surface area contributed by atoms with Crippen LogP contribution in [0.25, 0.3) is 11.1 Å². The van der Waals surface area contributed by atoms with Crippen molar-refractivity contribution in [1.82, 2.24) is 0 Å². The van der Waals surface area contributed by atoms with Gasteiger partial charge in [-0.3, -0.25) is 9.98 Å². The lowest BCUT2D eigenvalue weighted by Gasteiger charge is -2.25. The molecule has 0 unspecified atom stereocenters. The van der Waals surface area contributed by atoms with Crippen molar-refractivity contribution < 1.29 is 0 Å². The summed E-state index contributed by atoms with van der Waals surface area (Å²) in [7, 11) is 0. The fourth-order valence-corrected chi connectivity index (χ4v) is 3.56. The van der Waals surface area contributed by atoms with Crippen LogP contribution < -0.4 is 15.6 Å². The summed E-state index contributed by atoms with van der Waals surface area (Å²) in [4.78, 5) is 11.1. The number of benzene rings is 4. The second-order valence-electron chi connectivity index (χ2n) is 6.71. The van der Waals surface area contributed by atoms with E-state index in [0.717, 1.165) is 33.3 Å². The van der Waals surface area contributed by atoms with Gasteiger partial charge in [0.15, 0.2) is 0 Å². The van der Waals surface area contributed by atoms with Crippen molar-refractivity contribution in [3.63, 3.8) is 0 Å². The smallest absolute Gasteiger partial charge is 0.130 e. The Balaban J connectivity index is 1.55. The molecule has 4 aromatic carbocycles. The molecule has 3 nitrogen and oxygen atoms in total. The van der Waals surface area contributed by atoms with Gasteiger partial charge in [0.05, 0.1) is 10.7 Å². The Kier molecular flexibility index (Phi) is 4.19. The predicted molar refractivity (Wildman–Crippen MR) is 114 cm³/mol. The van der Waals surface area contributed by atoms with Crippen LogP contribution >= 0.6 is 0 Å². The Morgan fingerprint density at radius 1 is 0.500 bits per heavy atom. The van der Waals surface area contributed by atoms with E-state index in [0.29, 0.717) is 6.67 Å². The van der Waals surface area contributed by atoms with Gasteiger partial charge < -0.3 is 4.90 Å². The van der Waals surface area contributed by atoms with Gasteiger partial charge in [-0.05, 0) is 59.7 Å². The quantitative estimate of drug-likeness (QED) is 0.501. The first kappa shape index (κ1) is 16.5. The number of hydrogen-bond acceptors (Lipinski definition) is 3. The minimum atomic E-state index is 0.542. The number of rotatable bonds is 4. The van der Waals surface area contributed by atoms with Gasteiger partial charge in [-0.15, -0.1) is 0 Å². The van der Waals surface area contributed by atoms with Crippen LogP contribution in [0.15, 0.2) is 113 Å². The van der Waals surface area contributed by atoms with Gasteiger partial charge in [-0.2, -0.15) is 0 Å². The highest BCUT2D eigenvalue weighted by atomic mass is 15.1. The van der Waals surface area contributed by atoms with E-state index < -0.39 is 0 Å². The Morgan fingerprint density at radius 3 is 1.68 bits per heavy atom. The molecule has 4 aromatic rings. The average Bonchev–Trinajstić information content (AvgIpc) is 3.24. The summed E-state index contributed by atoms with van der Waals surface area (Å²) >= 11 is 0. The molecule has 0 N–H and O–H groups in total. The molecule has 5 rings (SSSR count). The van der Waals surface area contributed by atoms with Crippen LogP contribution in [0.1, 0.15) is 0 Å². The second kappa shape index (κ2) is 7.12. The topological polar surface area (TPSA) is 28.0 Å². The van der Waals surface area contributed by atoms with E-state index in [4.69, 9.17) is 0 Å². The molecule has 0 amide bonds. The molecular weight excluding hydrogens is 342 g/mol. The molecule has 1 heterocycles. The van der Waals surface area contributed by atoms with Crippen LogP contribution in [0.2, 0.25) is 0 Å². The first-order chi connectivity index (χ1) is 13.9. The zero-order valence-corrected chi connectivity index (χ0v) is 15.4. The number of hydrogen-bond donors (Lipinski definition) is 0. The van der Waals surface area contributed by atoms with Crippen LogP contribution in [-0.2, 0) is 0 Å². The van der Waals surface area contributed by atoms with E-state index >= 15 is 0 Å². The summed E-state index contributed by atoms with van der Waals surface area (Å²) in [5.41, 5.74) is 5.74. The van der Waals surface area contributed by atoms with E-state index in [1.54, 1.807) is 0 Å². The maximum atomic E-state index is 4.44. The van der Waals surface area contributed by atoms with Gasteiger partial charge in [-0.25, -0.2) is 0 Å². The van der Waals surface area contributed by atoms with Gasteiger partial charge in [0.1, 0.15) is 6.67 Å². The van der Waals surface area contributed by atoms with Gasteiger partial charge in [0, 0.05) is 17.1 Å². The minimum Gasteiger partial charge on any atom is -0.311 e. The summed E-state index contributed by atoms with van der Waals surface area (Å²) in [6.07, 6.45) is 0. The molecule has 134 valence electrons. The normalized spacial score (nSPS) is 12.0. The molecule has 28 heavy (non-hydrogen) atoms. The lowest BCUT2D eigenvalue weighted by Crippen LogP contribution is -2.20. The van der Waals surface area contributed by atoms with E-state index in [1.807, 2.05) is 12.1 Å². The molecule has 1 aliphatic heterocycles. The van der Waals surface area contributed by atoms with Gasteiger partial charge in [-0.1, -0.05) is 54.6 Å². The lowest BCUT2D eigenvalue weighted by molar-refractivity contribution is 1.06. The predicted octanol–water partition coefficient (Wildman–Crippen LogP) is 5.03. The highest BCUT2D eigenvalue weighted by molar-refractivity contribution is 5.78. The summed E-state index contributed by atoms with van der Waals surface area (Å²) < 4.78 is 0. The van der Waals surface area contributed by atoms with Crippen LogP contribution in [0.4, 0.5) is 17.1 Å². The Morgan fingerprint density at radius 2 is 1.04 bits per heavy atom. The maximum absolute atomic E-state index is 4.44. The average molecular weight is 361 g/mol. The molecule has 0 spiro atoms. The van der Waals surface area contributed by atoms with Crippen molar-refractivity contribution in [2.75, 3.05) is 11.6 Å². The van der Waals surface area contributed by atoms with Crippen LogP contribution in [0, 0.1) is 0 Å². The summed E-state index contributed by atoms with van der Waals surface area (Å²) in [5.74, 6) is 0. The molecule has 0 fully saturated rings. The summed E-state index contributed by atoms with van der Waals surface area (Å²) in [5, 5.41) is 1.97. The van der Waals surface area contributed by atoms with Crippen molar-refractivity contribution in [3.05, 3.63) is 114 Å². The number of anilines is 3. The second-order valence-corrected chi connectivity index (χ2v) is 6.71. The van der Waals surface area contributed by atoms with Crippen molar-refractivity contribution in [3.8, 4) is 11.1 Å². The van der Waals surface area contributed by atoms with Crippen LogP contribution in [0.3, 0.4) is 0 Å². The standard InChI is InChI=1S/C25H19N3/c1-3-7-21(8-4-1)28(22-9-5-2-6-10-22)23-14-11-19(12-15-23)20-13-16-24-25(17-20)27-18-26-24/h1-17H,18H2. The molecular formula is C25H19N3. The third-order valence-electron chi connectivity index (χ3n) is 4.95. The molecule has 0 radical (unpaired) electrons. The van der Waals surface area contributed by atoms with Gasteiger partial charge >= 0.3 is 0 Å². The highest BCUT2D eigenvalue weighted by Crippen LogP contribution is 2.34. The summed E-state index contributed by atoms with van der Waals surface area (Å²) in [6, 6.07) is 35.8. The van der Waals surface area contributed by atoms with Crippen molar-refractivity contribution in [2.45, 2.75) is 0 Å². The van der Waals surface area contributed by atoms with E-state index in [2.05, 4.69) is 106 Å². The zero-order chi connectivity index (χ0) is 18.8. The lowest BCUT2D eigenvalue weighted by atomic mass is 10.0. The van der Waals surface area contributed by atoms with Crippen molar-refractivity contribution >= 4 is 17.1 Å². The van der Waals surface area contributed by atoms with E-state index in [-0.39, 0.29) is 0 Å². The van der Waals surface area contributed by atoms with Crippen molar-refractivity contribution in [2.24, 2.45) is 9.98 Å². The monoisotopic (exact) mass is 361 g/mol.